The Morgan fingerprint density at radius 2 is 2.07 bits per heavy atom. The van der Waals surface area contributed by atoms with E-state index < -0.39 is 0 Å². The van der Waals surface area contributed by atoms with Gasteiger partial charge in [-0.25, -0.2) is 0 Å². The quantitative estimate of drug-likeness (QED) is 0.447. The van der Waals surface area contributed by atoms with Gasteiger partial charge >= 0.3 is 0 Å². The van der Waals surface area contributed by atoms with Crippen LogP contribution in [-0.4, -0.2) is 52.1 Å². The maximum Gasteiger partial charge on any atom is 0.250 e. The van der Waals surface area contributed by atoms with E-state index in [1.165, 1.54) is 37.9 Å². The van der Waals surface area contributed by atoms with Crippen LogP contribution in [0.25, 0.3) is 0 Å². The van der Waals surface area contributed by atoms with Crippen LogP contribution >= 0.6 is 11.8 Å². The molecular weight excluding hydrogens is 368 g/mol. The number of hydrogen-bond donors (Lipinski definition) is 1. The monoisotopic (exact) mass is 404 g/mol. The molecule has 6 heteroatoms. The van der Waals surface area contributed by atoms with Gasteiger partial charge in [-0.1, -0.05) is 25.3 Å². The van der Waals surface area contributed by atoms with Crippen LogP contribution < -0.4 is 10.9 Å². The summed E-state index contributed by atoms with van der Waals surface area (Å²) in [6, 6.07) is 5.47. The zero-order chi connectivity index (χ0) is 19.8. The second kappa shape index (κ2) is 10.4. The molecule has 0 amide bonds. The van der Waals surface area contributed by atoms with Gasteiger partial charge < -0.3 is 14.8 Å². The standard InChI is InChI=1S/C22H36N4OS/c1-3-23-21(25-16-17-28-22(18-25)12-5-4-6-13-22)24-14-7-8-15-26-19(2)10-9-11-20(26)27/h9-11H,3-8,12-18H2,1-2H3,(H,23,24). The van der Waals surface area contributed by atoms with E-state index in [0.717, 1.165) is 57.2 Å². The van der Waals surface area contributed by atoms with Crippen LogP contribution in [0.5, 0.6) is 0 Å². The zero-order valence-electron chi connectivity index (χ0n) is 17.6. The summed E-state index contributed by atoms with van der Waals surface area (Å²) in [6.45, 7) is 8.89. The molecule has 2 aliphatic rings. The highest BCUT2D eigenvalue weighted by Crippen LogP contribution is 2.42. The van der Waals surface area contributed by atoms with Crippen LogP contribution in [0.4, 0.5) is 0 Å². The predicted molar refractivity (Wildman–Crippen MR) is 120 cm³/mol. The smallest absolute Gasteiger partial charge is 0.250 e. The van der Waals surface area contributed by atoms with Gasteiger partial charge in [0, 0.05) is 55.0 Å². The average molecular weight is 405 g/mol. The molecule has 3 rings (SSSR count). The molecule has 1 saturated carbocycles. The number of aryl methyl sites for hydroxylation is 1. The molecule has 1 aliphatic carbocycles. The van der Waals surface area contributed by atoms with Crippen molar-refractivity contribution < 1.29 is 0 Å². The number of thioether (sulfide) groups is 1. The number of guanidine groups is 1. The van der Waals surface area contributed by atoms with E-state index in [2.05, 4.69) is 28.9 Å². The molecule has 1 aliphatic heterocycles. The van der Waals surface area contributed by atoms with Gasteiger partial charge in [-0.2, -0.15) is 11.8 Å². The second-order valence-corrected chi connectivity index (χ2v) is 9.68. The number of aromatic nitrogens is 1. The molecule has 1 aromatic rings. The fraction of sp³-hybridized carbons (Fsp3) is 0.727. The molecule has 1 saturated heterocycles. The third-order valence-corrected chi connectivity index (χ3v) is 7.50. The minimum Gasteiger partial charge on any atom is -0.357 e. The Hall–Kier alpha value is -1.43. The maximum absolute atomic E-state index is 12.0. The van der Waals surface area contributed by atoms with Crippen LogP contribution in [0, 0.1) is 6.92 Å². The van der Waals surface area contributed by atoms with E-state index in [9.17, 15) is 4.79 Å². The van der Waals surface area contributed by atoms with Crippen molar-refractivity contribution in [1.82, 2.24) is 14.8 Å². The summed E-state index contributed by atoms with van der Waals surface area (Å²) in [5.41, 5.74) is 1.13. The minimum absolute atomic E-state index is 0.0976. The Morgan fingerprint density at radius 3 is 2.82 bits per heavy atom. The Bertz CT molecular complexity index is 703. The van der Waals surface area contributed by atoms with Crippen molar-refractivity contribution in [3.63, 3.8) is 0 Å². The first-order chi connectivity index (χ1) is 13.6. The predicted octanol–water partition coefficient (Wildman–Crippen LogP) is 3.65. The van der Waals surface area contributed by atoms with Gasteiger partial charge in [0.1, 0.15) is 0 Å². The Balaban J connectivity index is 1.53. The first kappa shape index (κ1) is 21.3. The van der Waals surface area contributed by atoms with Crippen molar-refractivity contribution in [1.29, 1.82) is 0 Å². The average Bonchev–Trinajstić information content (AvgIpc) is 2.69. The number of nitrogens with zero attached hydrogens (tertiary/aromatic N) is 3. The zero-order valence-corrected chi connectivity index (χ0v) is 18.4. The summed E-state index contributed by atoms with van der Waals surface area (Å²) in [4.78, 5) is 19.4. The molecule has 0 bridgehead atoms. The third kappa shape index (κ3) is 5.56. The summed E-state index contributed by atoms with van der Waals surface area (Å²) in [6.07, 6.45) is 8.87. The molecule has 0 aromatic carbocycles. The number of rotatable bonds is 6. The first-order valence-electron chi connectivity index (χ1n) is 11.0. The summed E-state index contributed by atoms with van der Waals surface area (Å²) in [5, 5.41) is 3.51. The second-order valence-electron chi connectivity index (χ2n) is 8.11. The van der Waals surface area contributed by atoms with E-state index in [-0.39, 0.29) is 5.56 Å². The maximum atomic E-state index is 12.0. The highest BCUT2D eigenvalue weighted by molar-refractivity contribution is 8.00. The third-order valence-electron chi connectivity index (χ3n) is 5.97. The molecule has 2 heterocycles. The van der Waals surface area contributed by atoms with E-state index in [1.807, 2.05) is 23.6 Å². The molecule has 5 nitrogen and oxygen atoms in total. The molecular formula is C22H36N4OS. The van der Waals surface area contributed by atoms with Crippen molar-refractivity contribution in [2.24, 2.45) is 4.99 Å². The van der Waals surface area contributed by atoms with Gasteiger partial charge in [-0.15, -0.1) is 0 Å². The summed E-state index contributed by atoms with van der Waals surface area (Å²) in [5.74, 6) is 2.29. The van der Waals surface area contributed by atoms with Gasteiger partial charge in [0.15, 0.2) is 5.96 Å². The molecule has 1 spiro atoms. The normalized spacial score (nSPS) is 19.8. The van der Waals surface area contributed by atoms with Crippen LogP contribution in [0.2, 0.25) is 0 Å². The molecule has 28 heavy (non-hydrogen) atoms. The van der Waals surface area contributed by atoms with Gasteiger partial charge in [0.05, 0.1) is 0 Å². The van der Waals surface area contributed by atoms with Crippen molar-refractivity contribution in [3.05, 3.63) is 34.2 Å². The van der Waals surface area contributed by atoms with E-state index in [1.54, 1.807) is 6.07 Å². The van der Waals surface area contributed by atoms with Crippen LogP contribution in [0.1, 0.15) is 57.6 Å². The molecule has 0 unspecified atom stereocenters. The molecule has 2 fully saturated rings. The first-order valence-corrected chi connectivity index (χ1v) is 12.0. The lowest BCUT2D eigenvalue weighted by molar-refractivity contribution is 0.293. The lowest BCUT2D eigenvalue weighted by atomic mass is 9.87. The van der Waals surface area contributed by atoms with Crippen molar-refractivity contribution in [2.45, 2.75) is 70.1 Å². The summed E-state index contributed by atoms with van der Waals surface area (Å²) < 4.78 is 2.32. The lowest BCUT2D eigenvalue weighted by Crippen LogP contribution is -2.53. The fourth-order valence-corrected chi connectivity index (χ4v) is 6.00. The highest BCUT2D eigenvalue weighted by atomic mass is 32.2. The molecule has 1 aromatic heterocycles. The van der Waals surface area contributed by atoms with Gasteiger partial charge in [0.25, 0.3) is 5.56 Å². The number of nitrogens with one attached hydrogen (secondary N) is 1. The number of aliphatic imine (C=N–C) groups is 1. The Labute approximate surface area is 174 Å². The van der Waals surface area contributed by atoms with E-state index in [4.69, 9.17) is 4.99 Å². The lowest BCUT2D eigenvalue weighted by Gasteiger charge is -2.45. The molecule has 0 radical (unpaired) electrons. The van der Waals surface area contributed by atoms with Gasteiger partial charge in [-0.05, 0) is 45.6 Å². The van der Waals surface area contributed by atoms with Crippen LogP contribution in [-0.2, 0) is 6.54 Å². The number of pyridine rings is 1. The van der Waals surface area contributed by atoms with E-state index >= 15 is 0 Å². The Kier molecular flexibility index (Phi) is 7.89. The van der Waals surface area contributed by atoms with Crippen LogP contribution in [0.15, 0.2) is 28.0 Å². The Morgan fingerprint density at radius 1 is 1.25 bits per heavy atom. The van der Waals surface area contributed by atoms with Crippen molar-refractivity contribution in [2.75, 3.05) is 31.9 Å². The number of hydrogen-bond acceptors (Lipinski definition) is 3. The summed E-state index contributed by atoms with van der Waals surface area (Å²) >= 11 is 2.20. The number of unbranched alkanes of at least 4 members (excludes halogenated alkanes) is 1. The van der Waals surface area contributed by atoms with Crippen molar-refractivity contribution >= 4 is 17.7 Å². The SMILES string of the molecule is CCNC(=NCCCCn1c(C)cccc1=O)N1CCSC2(CCCCC2)C1. The summed E-state index contributed by atoms with van der Waals surface area (Å²) in [7, 11) is 0. The van der Waals surface area contributed by atoms with Gasteiger partial charge in [-0.3, -0.25) is 9.79 Å². The van der Waals surface area contributed by atoms with Gasteiger partial charge in [0.2, 0.25) is 0 Å². The minimum atomic E-state index is 0.0976. The largest absolute Gasteiger partial charge is 0.357 e. The topological polar surface area (TPSA) is 49.6 Å². The van der Waals surface area contributed by atoms with Crippen LogP contribution in [0.3, 0.4) is 0 Å². The molecule has 156 valence electrons. The highest BCUT2D eigenvalue weighted by Gasteiger charge is 2.38. The molecule has 0 atom stereocenters. The molecule has 1 N–H and O–H groups in total. The van der Waals surface area contributed by atoms with Crippen molar-refractivity contribution in [3.8, 4) is 0 Å². The fourth-order valence-electron chi connectivity index (χ4n) is 4.43. The van der Waals surface area contributed by atoms with E-state index in [0.29, 0.717) is 4.75 Å².